The maximum absolute atomic E-state index is 13.5. The quantitative estimate of drug-likeness (QED) is 0.804. The molecular weight excluding hydrogens is 355 g/mol. The van der Waals surface area contributed by atoms with Gasteiger partial charge in [0.1, 0.15) is 5.82 Å². The monoisotopic (exact) mass is 378 g/mol. The molecule has 1 amide bonds. The van der Waals surface area contributed by atoms with Crippen LogP contribution in [-0.4, -0.2) is 45.6 Å². The minimum absolute atomic E-state index is 0.0205. The third-order valence-corrected chi connectivity index (χ3v) is 5.95. The fourth-order valence-electron chi connectivity index (χ4n) is 2.68. The number of carbonyl (C=O) groups is 1. The van der Waals surface area contributed by atoms with Gasteiger partial charge in [-0.05, 0) is 43.9 Å². The normalized spacial score (nSPS) is 12.8. The Morgan fingerprint density at radius 3 is 2.46 bits per heavy atom. The lowest BCUT2D eigenvalue weighted by Crippen LogP contribution is -2.35. The van der Waals surface area contributed by atoms with E-state index in [1.165, 1.54) is 31.2 Å². The number of amides is 1. The molecule has 2 aromatic carbocycles. The molecule has 7 heteroatoms. The van der Waals surface area contributed by atoms with Crippen LogP contribution in [0.15, 0.2) is 53.4 Å². The number of hydrogen-bond acceptors (Lipinski definition) is 4. The number of nitrogens with one attached hydrogen (secondary N) is 1. The smallest absolute Gasteiger partial charge is 0.252 e. The van der Waals surface area contributed by atoms with Gasteiger partial charge in [-0.3, -0.25) is 4.79 Å². The van der Waals surface area contributed by atoms with Crippen LogP contribution in [0.4, 0.5) is 4.39 Å². The van der Waals surface area contributed by atoms with E-state index in [0.29, 0.717) is 0 Å². The first-order valence-electron chi connectivity index (χ1n) is 8.28. The summed E-state index contributed by atoms with van der Waals surface area (Å²) < 4.78 is 37.9. The molecule has 0 aromatic heterocycles. The van der Waals surface area contributed by atoms with E-state index in [0.717, 1.165) is 5.56 Å². The lowest BCUT2D eigenvalue weighted by Gasteiger charge is -2.25. The lowest BCUT2D eigenvalue weighted by atomic mass is 10.1. The van der Waals surface area contributed by atoms with Gasteiger partial charge in [0.25, 0.3) is 5.91 Å². The SMILES string of the molecule is CCS(=O)(=O)c1ccccc1C(=O)NCC(c1cccc(F)c1)N(C)C. The molecule has 2 rings (SSSR count). The number of nitrogens with zero attached hydrogens (tertiary/aromatic N) is 1. The summed E-state index contributed by atoms with van der Waals surface area (Å²) in [5, 5.41) is 2.77. The van der Waals surface area contributed by atoms with Crippen molar-refractivity contribution >= 4 is 15.7 Å². The van der Waals surface area contributed by atoms with Crippen molar-refractivity contribution < 1.29 is 17.6 Å². The minimum atomic E-state index is -3.51. The van der Waals surface area contributed by atoms with Crippen LogP contribution < -0.4 is 5.32 Å². The van der Waals surface area contributed by atoms with E-state index in [-0.39, 0.29) is 34.6 Å². The highest BCUT2D eigenvalue weighted by Gasteiger charge is 2.22. The van der Waals surface area contributed by atoms with Gasteiger partial charge in [-0.2, -0.15) is 0 Å². The highest BCUT2D eigenvalue weighted by Crippen LogP contribution is 2.20. The fourth-order valence-corrected chi connectivity index (χ4v) is 3.77. The third-order valence-electron chi connectivity index (χ3n) is 4.16. The molecule has 0 spiro atoms. The zero-order valence-electron chi connectivity index (χ0n) is 15.1. The van der Waals surface area contributed by atoms with Gasteiger partial charge in [0.2, 0.25) is 0 Å². The highest BCUT2D eigenvalue weighted by molar-refractivity contribution is 7.91. The molecule has 0 aliphatic carbocycles. The van der Waals surface area contributed by atoms with Gasteiger partial charge in [-0.25, -0.2) is 12.8 Å². The number of rotatable bonds is 7. The molecule has 26 heavy (non-hydrogen) atoms. The van der Waals surface area contributed by atoms with E-state index in [1.54, 1.807) is 24.3 Å². The van der Waals surface area contributed by atoms with Crippen molar-refractivity contribution in [3.8, 4) is 0 Å². The molecule has 2 aromatic rings. The van der Waals surface area contributed by atoms with Gasteiger partial charge >= 0.3 is 0 Å². The molecule has 0 heterocycles. The topological polar surface area (TPSA) is 66.5 Å². The summed E-state index contributed by atoms with van der Waals surface area (Å²) in [5.74, 6) is -0.901. The Labute approximate surface area is 153 Å². The van der Waals surface area contributed by atoms with Crippen molar-refractivity contribution in [2.24, 2.45) is 0 Å². The predicted octanol–water partition coefficient (Wildman–Crippen LogP) is 2.65. The third kappa shape index (κ3) is 4.68. The standard InChI is InChI=1S/C19H23FN2O3S/c1-4-26(24,25)18-11-6-5-10-16(18)19(23)21-13-17(22(2)3)14-8-7-9-15(20)12-14/h5-12,17H,4,13H2,1-3H3,(H,21,23). The summed E-state index contributed by atoms with van der Waals surface area (Å²) in [6.07, 6.45) is 0. The molecule has 1 N–H and O–H groups in total. The second kappa shape index (κ2) is 8.42. The van der Waals surface area contributed by atoms with Crippen LogP contribution in [0.5, 0.6) is 0 Å². The Kier molecular flexibility index (Phi) is 6.50. The van der Waals surface area contributed by atoms with Crippen molar-refractivity contribution in [2.45, 2.75) is 17.9 Å². The molecule has 1 atom stereocenters. The zero-order valence-corrected chi connectivity index (χ0v) is 15.9. The van der Waals surface area contributed by atoms with Crippen molar-refractivity contribution in [1.82, 2.24) is 10.2 Å². The maximum Gasteiger partial charge on any atom is 0.252 e. The van der Waals surface area contributed by atoms with Crippen molar-refractivity contribution in [3.05, 3.63) is 65.5 Å². The van der Waals surface area contributed by atoms with Crippen LogP contribution in [-0.2, 0) is 9.84 Å². The van der Waals surface area contributed by atoms with Crippen LogP contribution in [0.2, 0.25) is 0 Å². The summed E-state index contributed by atoms with van der Waals surface area (Å²) in [7, 11) is 0.154. The van der Waals surface area contributed by atoms with Gasteiger partial charge in [0.15, 0.2) is 9.84 Å². The number of sulfone groups is 1. The summed E-state index contributed by atoms with van der Waals surface area (Å²) in [6, 6.07) is 12.1. The van der Waals surface area contributed by atoms with Gasteiger partial charge in [0.05, 0.1) is 22.3 Å². The van der Waals surface area contributed by atoms with Gasteiger partial charge in [-0.1, -0.05) is 31.2 Å². The summed E-state index contributed by atoms with van der Waals surface area (Å²) >= 11 is 0. The van der Waals surface area contributed by atoms with E-state index in [4.69, 9.17) is 0 Å². The molecule has 0 bridgehead atoms. The van der Waals surface area contributed by atoms with Crippen molar-refractivity contribution in [2.75, 3.05) is 26.4 Å². The van der Waals surface area contributed by atoms with E-state index >= 15 is 0 Å². The summed E-state index contributed by atoms with van der Waals surface area (Å²) in [4.78, 5) is 14.5. The molecule has 0 aliphatic heterocycles. The Hall–Kier alpha value is -2.25. The van der Waals surface area contributed by atoms with Gasteiger partial charge in [0, 0.05) is 6.54 Å². The zero-order chi connectivity index (χ0) is 19.3. The maximum atomic E-state index is 13.5. The van der Waals surface area contributed by atoms with E-state index in [9.17, 15) is 17.6 Å². The Bertz CT molecular complexity index is 882. The summed E-state index contributed by atoms with van der Waals surface area (Å²) in [6.45, 7) is 1.76. The minimum Gasteiger partial charge on any atom is -0.350 e. The van der Waals surface area contributed by atoms with Crippen LogP contribution in [0.3, 0.4) is 0 Å². The largest absolute Gasteiger partial charge is 0.350 e. The molecule has 140 valence electrons. The number of likely N-dealkylation sites (N-methyl/N-ethyl adjacent to an activating group) is 1. The van der Waals surface area contributed by atoms with Gasteiger partial charge in [-0.15, -0.1) is 0 Å². The van der Waals surface area contributed by atoms with E-state index in [1.807, 2.05) is 19.0 Å². The van der Waals surface area contributed by atoms with Crippen LogP contribution in [0.1, 0.15) is 28.9 Å². The van der Waals surface area contributed by atoms with E-state index in [2.05, 4.69) is 5.32 Å². The number of carbonyl (C=O) groups excluding carboxylic acids is 1. The lowest BCUT2D eigenvalue weighted by molar-refractivity contribution is 0.0938. The number of benzene rings is 2. The predicted molar refractivity (Wildman–Crippen MR) is 99.3 cm³/mol. The van der Waals surface area contributed by atoms with Gasteiger partial charge < -0.3 is 10.2 Å². The van der Waals surface area contributed by atoms with Crippen molar-refractivity contribution in [1.29, 1.82) is 0 Å². The fraction of sp³-hybridized carbons (Fsp3) is 0.316. The van der Waals surface area contributed by atoms with E-state index < -0.39 is 15.7 Å². The average molecular weight is 378 g/mol. The first-order valence-corrected chi connectivity index (χ1v) is 9.93. The molecular formula is C19H23FN2O3S. The number of hydrogen-bond donors (Lipinski definition) is 1. The number of halogens is 1. The molecule has 1 unspecified atom stereocenters. The Morgan fingerprint density at radius 2 is 1.85 bits per heavy atom. The molecule has 5 nitrogen and oxygen atoms in total. The first kappa shape index (κ1) is 20.1. The average Bonchev–Trinajstić information content (AvgIpc) is 2.61. The van der Waals surface area contributed by atoms with Crippen molar-refractivity contribution in [3.63, 3.8) is 0 Å². The highest BCUT2D eigenvalue weighted by atomic mass is 32.2. The molecule has 0 aliphatic rings. The van der Waals surface area contributed by atoms with Crippen LogP contribution in [0.25, 0.3) is 0 Å². The van der Waals surface area contributed by atoms with Crippen LogP contribution >= 0.6 is 0 Å². The Morgan fingerprint density at radius 1 is 1.15 bits per heavy atom. The Balaban J connectivity index is 2.22. The summed E-state index contributed by atoms with van der Waals surface area (Å²) in [5.41, 5.74) is 0.843. The molecule has 0 fully saturated rings. The second-order valence-electron chi connectivity index (χ2n) is 6.14. The molecule has 0 saturated carbocycles. The second-order valence-corrected chi connectivity index (χ2v) is 8.39. The van der Waals surface area contributed by atoms with Crippen LogP contribution in [0, 0.1) is 5.82 Å². The molecule has 0 saturated heterocycles. The molecule has 0 radical (unpaired) electrons. The first-order chi connectivity index (χ1) is 12.3.